The van der Waals surface area contributed by atoms with Gasteiger partial charge in [0.1, 0.15) is 0 Å². The monoisotopic (exact) mass is 266 g/mol. The highest BCUT2D eigenvalue weighted by atomic mass is 16.5. The molecule has 0 aromatic heterocycles. The van der Waals surface area contributed by atoms with E-state index in [1.54, 1.807) is 12.2 Å². The molecule has 0 atom stereocenters. The molecule has 0 rings (SSSR count). The quantitative estimate of drug-likeness (QED) is 0.252. The summed E-state index contributed by atoms with van der Waals surface area (Å²) in [7, 11) is 2.79. The van der Waals surface area contributed by atoms with Gasteiger partial charge in [-0.05, 0) is 13.1 Å². The van der Waals surface area contributed by atoms with Gasteiger partial charge >= 0.3 is 5.97 Å². The lowest BCUT2D eigenvalue weighted by Crippen LogP contribution is -2.03. The van der Waals surface area contributed by atoms with Crippen LogP contribution in [0.4, 0.5) is 0 Å². The molecular weight excluding hydrogens is 248 g/mol. The molecule has 0 saturated carbocycles. The number of hydrogen-bond donors (Lipinski definition) is 1. The number of aliphatic hydroxyl groups is 1. The smallest absolute Gasteiger partial charge is 0.305 e. The molecule has 0 fully saturated rings. The van der Waals surface area contributed by atoms with Crippen LogP contribution < -0.4 is 0 Å². The molecule has 0 spiro atoms. The van der Waals surface area contributed by atoms with E-state index in [-0.39, 0.29) is 18.3 Å². The maximum Gasteiger partial charge on any atom is 0.305 e. The van der Waals surface area contributed by atoms with Gasteiger partial charge in [-0.2, -0.15) is 0 Å². The van der Waals surface area contributed by atoms with E-state index < -0.39 is 0 Å². The van der Waals surface area contributed by atoms with Crippen molar-refractivity contribution in [3.8, 4) is 0 Å². The maximum absolute atomic E-state index is 10.9. The Kier molecular flexibility index (Phi) is 9.42. The number of ether oxygens (including phenoxy) is 2. The number of allylic oxidation sites excluding steroid dienone is 1. The van der Waals surface area contributed by atoms with Crippen molar-refractivity contribution in [2.75, 3.05) is 14.2 Å². The summed E-state index contributed by atoms with van der Waals surface area (Å²) in [4.78, 5) is 18.4. The van der Waals surface area contributed by atoms with Crippen molar-refractivity contribution >= 4 is 18.6 Å². The predicted octanol–water partition coefficient (Wildman–Crippen LogP) is 2.15. The number of hydrogen-bond acceptors (Lipinski definition) is 6. The lowest BCUT2D eigenvalue weighted by molar-refractivity contribution is -0.140. The first-order valence-electron chi connectivity index (χ1n) is 5.50. The Hall–Kier alpha value is -2.37. The molecule has 0 aliphatic carbocycles. The summed E-state index contributed by atoms with van der Waals surface area (Å²) in [5.41, 5.74) is 0.570. The summed E-state index contributed by atoms with van der Waals surface area (Å²) in [6.45, 7) is 3.35. The van der Waals surface area contributed by atoms with E-state index in [1.807, 2.05) is 0 Å². The van der Waals surface area contributed by atoms with E-state index in [0.29, 0.717) is 12.0 Å². The van der Waals surface area contributed by atoms with Gasteiger partial charge in [-0.15, -0.1) is 0 Å². The second-order valence-corrected chi connectivity index (χ2v) is 3.22. The summed E-state index contributed by atoms with van der Waals surface area (Å²) in [6.07, 6.45) is 7.71. The third-order valence-corrected chi connectivity index (χ3v) is 1.97. The molecule has 1 N–H and O–H groups in total. The summed E-state index contributed by atoms with van der Waals surface area (Å²) >= 11 is 0. The van der Waals surface area contributed by atoms with Crippen molar-refractivity contribution in [2.24, 2.45) is 9.98 Å². The van der Waals surface area contributed by atoms with E-state index in [9.17, 15) is 4.79 Å². The van der Waals surface area contributed by atoms with E-state index in [1.165, 1.54) is 26.6 Å². The van der Waals surface area contributed by atoms with Gasteiger partial charge in [0.05, 0.1) is 32.3 Å². The second kappa shape index (κ2) is 10.8. The number of aliphatic hydroxyl groups excluding tert-OH is 1. The molecule has 0 bridgehead atoms. The summed E-state index contributed by atoms with van der Waals surface area (Å²) in [6, 6.07) is 0. The number of methoxy groups -OCH3 is 2. The number of carbonyl (C=O) groups is 1. The molecule has 0 aromatic carbocycles. The Morgan fingerprint density at radius 2 is 2.11 bits per heavy atom. The fraction of sp³-hybridized carbons (Fsp3) is 0.308. The van der Waals surface area contributed by atoms with Crippen LogP contribution in [0, 0.1) is 0 Å². The Morgan fingerprint density at radius 1 is 1.37 bits per heavy atom. The van der Waals surface area contributed by atoms with Crippen LogP contribution in [-0.4, -0.2) is 37.9 Å². The number of esters is 1. The van der Waals surface area contributed by atoms with E-state index in [0.717, 1.165) is 6.26 Å². The minimum absolute atomic E-state index is 0.270. The number of carbonyl (C=O) groups excluding carboxylic acids is 1. The first kappa shape index (κ1) is 16.6. The highest BCUT2D eigenvalue weighted by Gasteiger charge is 2.03. The van der Waals surface area contributed by atoms with Crippen LogP contribution in [0.25, 0.3) is 0 Å². The second-order valence-electron chi connectivity index (χ2n) is 3.22. The number of nitrogens with zero attached hydrogens (tertiary/aromatic N) is 2. The molecule has 0 saturated heterocycles. The third-order valence-electron chi connectivity index (χ3n) is 1.97. The first-order chi connectivity index (χ1) is 9.19. The molecule has 6 nitrogen and oxygen atoms in total. The van der Waals surface area contributed by atoms with Crippen LogP contribution in [0.2, 0.25) is 0 Å². The lowest BCUT2D eigenvalue weighted by atomic mass is 10.2. The average molecular weight is 266 g/mol. The fourth-order valence-electron chi connectivity index (χ4n) is 1.13. The number of aliphatic imine (C=N–C) groups is 2. The molecule has 104 valence electrons. The first-order valence-corrected chi connectivity index (χ1v) is 5.50. The molecule has 0 aromatic rings. The van der Waals surface area contributed by atoms with Crippen molar-refractivity contribution in [3.63, 3.8) is 0 Å². The zero-order chi connectivity index (χ0) is 14.5. The molecule has 19 heavy (non-hydrogen) atoms. The normalized spacial score (nSPS) is 12.9. The van der Waals surface area contributed by atoms with Crippen LogP contribution >= 0.6 is 0 Å². The molecule has 0 unspecified atom stereocenters. The van der Waals surface area contributed by atoms with Gasteiger partial charge in [0.15, 0.2) is 0 Å². The Bertz CT molecular complexity index is 409. The van der Waals surface area contributed by atoms with Crippen LogP contribution in [0.15, 0.2) is 46.4 Å². The standard InChI is InChI=1S/C13H18N2O4/c1-14-10-11(13(19-3)15-8-9-16)6-4-5-7-12(17)18-2/h4,6,8-10,16H,1,5,7H2,2-3H3/b6-4+,9-8+,11-10-,15-13+. The minimum atomic E-state index is -0.277. The van der Waals surface area contributed by atoms with Crippen molar-refractivity contribution in [2.45, 2.75) is 12.8 Å². The molecule has 6 heteroatoms. The van der Waals surface area contributed by atoms with Crippen LogP contribution in [0.1, 0.15) is 12.8 Å². The molecule has 0 radical (unpaired) electrons. The Morgan fingerprint density at radius 3 is 2.63 bits per heavy atom. The van der Waals surface area contributed by atoms with Gasteiger partial charge < -0.3 is 14.6 Å². The van der Waals surface area contributed by atoms with Crippen molar-refractivity contribution < 1.29 is 19.4 Å². The van der Waals surface area contributed by atoms with Crippen molar-refractivity contribution in [3.05, 3.63) is 36.4 Å². The molecule has 0 amide bonds. The zero-order valence-corrected chi connectivity index (χ0v) is 11.1. The maximum atomic E-state index is 10.9. The summed E-state index contributed by atoms with van der Waals surface area (Å²) < 4.78 is 9.58. The zero-order valence-electron chi connectivity index (χ0n) is 11.1. The van der Waals surface area contributed by atoms with Crippen LogP contribution in [0.3, 0.4) is 0 Å². The van der Waals surface area contributed by atoms with E-state index in [4.69, 9.17) is 9.84 Å². The van der Waals surface area contributed by atoms with E-state index >= 15 is 0 Å². The van der Waals surface area contributed by atoms with E-state index in [2.05, 4.69) is 21.4 Å². The SMILES string of the molecule is C=N/C=C(/C=C/CCC(=O)OC)C(=N/C=C/O)\OC. The van der Waals surface area contributed by atoms with Crippen LogP contribution in [0.5, 0.6) is 0 Å². The lowest BCUT2D eigenvalue weighted by Gasteiger charge is -2.03. The molecule has 0 aliphatic heterocycles. The Labute approximate surface area is 112 Å². The van der Waals surface area contributed by atoms with Gasteiger partial charge in [-0.3, -0.25) is 9.79 Å². The number of rotatable bonds is 7. The van der Waals surface area contributed by atoms with Gasteiger partial charge in [0, 0.05) is 12.6 Å². The fourth-order valence-corrected chi connectivity index (χ4v) is 1.13. The third kappa shape index (κ3) is 7.54. The topological polar surface area (TPSA) is 80.5 Å². The summed E-state index contributed by atoms with van der Waals surface area (Å²) in [5.74, 6) is -0.00658. The van der Waals surface area contributed by atoms with Gasteiger partial charge in [0.2, 0.25) is 5.90 Å². The highest BCUT2D eigenvalue weighted by Crippen LogP contribution is 2.05. The minimum Gasteiger partial charge on any atom is -0.514 e. The van der Waals surface area contributed by atoms with Crippen LogP contribution in [-0.2, 0) is 14.3 Å². The molecule has 0 heterocycles. The molecular formula is C13H18N2O4. The highest BCUT2D eigenvalue weighted by molar-refractivity contribution is 5.96. The van der Waals surface area contributed by atoms with Gasteiger partial charge in [0.25, 0.3) is 0 Å². The summed E-state index contributed by atoms with van der Waals surface area (Å²) in [5, 5.41) is 8.56. The van der Waals surface area contributed by atoms with Crippen molar-refractivity contribution in [1.29, 1.82) is 0 Å². The van der Waals surface area contributed by atoms with Gasteiger partial charge in [-0.1, -0.05) is 12.2 Å². The van der Waals surface area contributed by atoms with Gasteiger partial charge in [-0.25, -0.2) is 4.99 Å². The Balaban J connectivity index is 4.74. The largest absolute Gasteiger partial charge is 0.514 e. The van der Waals surface area contributed by atoms with Crippen molar-refractivity contribution in [1.82, 2.24) is 0 Å². The predicted molar refractivity (Wildman–Crippen MR) is 74.2 cm³/mol. The molecule has 0 aliphatic rings. The average Bonchev–Trinajstić information content (AvgIpc) is 2.43.